The minimum absolute atomic E-state index is 0.0843. The lowest BCUT2D eigenvalue weighted by Crippen LogP contribution is -2.22. The summed E-state index contributed by atoms with van der Waals surface area (Å²) in [5, 5.41) is 13.8. The third-order valence-corrected chi connectivity index (χ3v) is 3.80. The predicted octanol–water partition coefficient (Wildman–Crippen LogP) is 1.93. The standard InChI is InChI=1S/C15H20N4O3/c1-10-13(20)8-16-15(18-10)11-7-17-19(2)12(11)9-22-14-5-3-4-6-21-14/h7-8,14,20H,3-6,9H2,1-2H3. The Balaban J connectivity index is 1.79. The second-order valence-corrected chi connectivity index (χ2v) is 5.40. The molecule has 7 nitrogen and oxygen atoms in total. The fourth-order valence-corrected chi connectivity index (χ4v) is 2.43. The summed E-state index contributed by atoms with van der Waals surface area (Å²) in [5.41, 5.74) is 2.23. The van der Waals surface area contributed by atoms with Crippen LogP contribution in [0.25, 0.3) is 11.4 Å². The Morgan fingerprint density at radius 1 is 1.41 bits per heavy atom. The third-order valence-electron chi connectivity index (χ3n) is 3.80. The van der Waals surface area contributed by atoms with Gasteiger partial charge in [-0.25, -0.2) is 9.97 Å². The van der Waals surface area contributed by atoms with Gasteiger partial charge in [-0.1, -0.05) is 0 Å². The molecule has 22 heavy (non-hydrogen) atoms. The maximum Gasteiger partial charge on any atom is 0.163 e. The van der Waals surface area contributed by atoms with Gasteiger partial charge in [-0.15, -0.1) is 0 Å². The Morgan fingerprint density at radius 3 is 3.00 bits per heavy atom. The largest absolute Gasteiger partial charge is 0.504 e. The van der Waals surface area contributed by atoms with E-state index in [1.54, 1.807) is 17.8 Å². The maximum atomic E-state index is 9.55. The molecular weight excluding hydrogens is 284 g/mol. The molecule has 2 aromatic rings. The minimum atomic E-state index is -0.154. The lowest BCUT2D eigenvalue weighted by molar-refractivity contribution is -0.169. The van der Waals surface area contributed by atoms with E-state index < -0.39 is 0 Å². The summed E-state index contributed by atoms with van der Waals surface area (Å²) in [6, 6.07) is 0. The Labute approximate surface area is 128 Å². The van der Waals surface area contributed by atoms with Crippen LogP contribution in [-0.2, 0) is 23.1 Å². The molecule has 3 rings (SSSR count). The highest BCUT2D eigenvalue weighted by Crippen LogP contribution is 2.24. The van der Waals surface area contributed by atoms with Crippen molar-refractivity contribution in [1.29, 1.82) is 0 Å². The van der Waals surface area contributed by atoms with E-state index in [4.69, 9.17) is 9.47 Å². The van der Waals surface area contributed by atoms with Crippen LogP contribution >= 0.6 is 0 Å². The Hall–Kier alpha value is -1.99. The van der Waals surface area contributed by atoms with Crippen molar-refractivity contribution in [3.63, 3.8) is 0 Å². The van der Waals surface area contributed by atoms with Gasteiger partial charge in [-0.05, 0) is 26.2 Å². The Kier molecular flexibility index (Phi) is 4.35. The first-order chi connectivity index (χ1) is 10.6. The molecule has 2 aromatic heterocycles. The van der Waals surface area contributed by atoms with Crippen molar-refractivity contribution in [3.05, 3.63) is 23.8 Å². The summed E-state index contributed by atoms with van der Waals surface area (Å²) in [6.45, 7) is 2.88. The SMILES string of the molecule is Cc1nc(-c2cnn(C)c2COC2CCCCO2)ncc1O. The highest BCUT2D eigenvalue weighted by Gasteiger charge is 2.18. The normalized spacial score (nSPS) is 18.5. The minimum Gasteiger partial charge on any atom is -0.504 e. The molecule has 3 heterocycles. The number of rotatable bonds is 4. The molecule has 1 N–H and O–H groups in total. The van der Waals surface area contributed by atoms with Crippen LogP contribution in [0.4, 0.5) is 0 Å². The first kappa shape index (κ1) is 14.9. The van der Waals surface area contributed by atoms with Gasteiger partial charge in [0.2, 0.25) is 0 Å². The van der Waals surface area contributed by atoms with E-state index in [2.05, 4.69) is 15.1 Å². The second kappa shape index (κ2) is 6.41. The van der Waals surface area contributed by atoms with Crippen LogP contribution < -0.4 is 0 Å². The molecule has 0 amide bonds. The van der Waals surface area contributed by atoms with Crippen molar-refractivity contribution in [2.75, 3.05) is 6.61 Å². The van der Waals surface area contributed by atoms with Gasteiger partial charge in [0.1, 0.15) is 0 Å². The number of hydrogen-bond acceptors (Lipinski definition) is 6. The Bertz CT molecular complexity index is 650. The van der Waals surface area contributed by atoms with Crippen LogP contribution in [0.5, 0.6) is 5.75 Å². The molecule has 1 aliphatic heterocycles. The summed E-state index contributed by atoms with van der Waals surface area (Å²) in [6.07, 6.45) is 6.10. The maximum absolute atomic E-state index is 9.55. The van der Waals surface area contributed by atoms with Crippen molar-refractivity contribution >= 4 is 0 Å². The molecular formula is C15H20N4O3. The molecule has 1 saturated heterocycles. The lowest BCUT2D eigenvalue weighted by Gasteiger charge is -2.22. The number of hydrogen-bond donors (Lipinski definition) is 1. The van der Waals surface area contributed by atoms with E-state index in [1.807, 2.05) is 7.05 Å². The number of ether oxygens (including phenoxy) is 2. The molecule has 0 aliphatic carbocycles. The summed E-state index contributed by atoms with van der Waals surface area (Å²) in [7, 11) is 1.86. The van der Waals surface area contributed by atoms with Gasteiger partial charge >= 0.3 is 0 Å². The van der Waals surface area contributed by atoms with E-state index >= 15 is 0 Å². The number of aromatic hydroxyl groups is 1. The van der Waals surface area contributed by atoms with Crippen LogP contribution in [0, 0.1) is 6.92 Å². The highest BCUT2D eigenvalue weighted by molar-refractivity contribution is 5.57. The monoisotopic (exact) mass is 304 g/mol. The smallest absolute Gasteiger partial charge is 0.163 e. The molecule has 1 atom stereocenters. The molecule has 1 unspecified atom stereocenters. The zero-order valence-corrected chi connectivity index (χ0v) is 12.8. The topological polar surface area (TPSA) is 82.3 Å². The van der Waals surface area contributed by atoms with Gasteiger partial charge in [-0.2, -0.15) is 5.10 Å². The number of aromatic nitrogens is 4. The van der Waals surface area contributed by atoms with Gasteiger partial charge in [0.15, 0.2) is 17.9 Å². The van der Waals surface area contributed by atoms with Gasteiger partial charge < -0.3 is 14.6 Å². The zero-order valence-electron chi connectivity index (χ0n) is 12.8. The average Bonchev–Trinajstić information content (AvgIpc) is 2.90. The summed E-state index contributed by atoms with van der Waals surface area (Å²) in [5.74, 6) is 0.618. The molecule has 0 bridgehead atoms. The number of aryl methyl sites for hydroxylation is 2. The Morgan fingerprint density at radius 2 is 2.27 bits per heavy atom. The van der Waals surface area contributed by atoms with Crippen LogP contribution in [0.3, 0.4) is 0 Å². The molecule has 118 valence electrons. The first-order valence-electron chi connectivity index (χ1n) is 7.42. The van der Waals surface area contributed by atoms with Gasteiger partial charge in [-0.3, -0.25) is 4.68 Å². The van der Waals surface area contributed by atoms with Crippen molar-refractivity contribution in [2.24, 2.45) is 7.05 Å². The van der Waals surface area contributed by atoms with Crippen molar-refractivity contribution < 1.29 is 14.6 Å². The van der Waals surface area contributed by atoms with Crippen LogP contribution in [-0.4, -0.2) is 37.8 Å². The zero-order chi connectivity index (χ0) is 15.5. The molecule has 0 aromatic carbocycles. The van der Waals surface area contributed by atoms with Crippen LogP contribution in [0.2, 0.25) is 0 Å². The molecule has 0 saturated carbocycles. The molecule has 1 aliphatic rings. The third kappa shape index (κ3) is 3.10. The molecule has 1 fully saturated rings. The molecule has 0 radical (unpaired) electrons. The van der Waals surface area contributed by atoms with E-state index in [9.17, 15) is 5.11 Å². The summed E-state index contributed by atoms with van der Waals surface area (Å²) >= 11 is 0. The van der Waals surface area contributed by atoms with Gasteiger partial charge in [0.05, 0.1) is 36.0 Å². The van der Waals surface area contributed by atoms with Crippen molar-refractivity contribution in [3.8, 4) is 17.1 Å². The predicted molar refractivity (Wildman–Crippen MR) is 79.0 cm³/mol. The number of nitrogens with zero attached hydrogens (tertiary/aromatic N) is 4. The van der Waals surface area contributed by atoms with Gasteiger partial charge in [0.25, 0.3) is 0 Å². The fraction of sp³-hybridized carbons (Fsp3) is 0.533. The van der Waals surface area contributed by atoms with E-state index in [0.29, 0.717) is 18.1 Å². The van der Waals surface area contributed by atoms with E-state index in [0.717, 1.165) is 37.1 Å². The second-order valence-electron chi connectivity index (χ2n) is 5.40. The summed E-state index contributed by atoms with van der Waals surface area (Å²) in [4.78, 5) is 8.49. The molecule has 0 spiro atoms. The van der Waals surface area contributed by atoms with Crippen LogP contribution in [0.15, 0.2) is 12.4 Å². The van der Waals surface area contributed by atoms with Crippen LogP contribution in [0.1, 0.15) is 30.7 Å². The van der Waals surface area contributed by atoms with E-state index in [1.165, 1.54) is 6.20 Å². The van der Waals surface area contributed by atoms with E-state index in [-0.39, 0.29) is 12.0 Å². The lowest BCUT2D eigenvalue weighted by atomic mass is 10.2. The fourth-order valence-electron chi connectivity index (χ4n) is 2.43. The van der Waals surface area contributed by atoms with Crippen molar-refractivity contribution in [1.82, 2.24) is 19.7 Å². The summed E-state index contributed by atoms with van der Waals surface area (Å²) < 4.78 is 13.2. The van der Waals surface area contributed by atoms with Gasteiger partial charge in [0, 0.05) is 13.7 Å². The quantitative estimate of drug-likeness (QED) is 0.929. The first-order valence-corrected chi connectivity index (χ1v) is 7.42. The molecule has 7 heteroatoms. The highest BCUT2D eigenvalue weighted by atomic mass is 16.7. The van der Waals surface area contributed by atoms with Crippen molar-refractivity contribution in [2.45, 2.75) is 39.1 Å². The average molecular weight is 304 g/mol.